The molecule has 1 saturated heterocycles. The average Bonchev–Trinajstić information content (AvgIpc) is 3.10. The fourth-order valence-electron chi connectivity index (χ4n) is 8.06. The summed E-state index contributed by atoms with van der Waals surface area (Å²) in [4.78, 5) is 15.5. The van der Waals surface area contributed by atoms with Crippen LogP contribution in [0.1, 0.15) is 65.2 Å². The van der Waals surface area contributed by atoms with Crippen molar-refractivity contribution in [3.05, 3.63) is 11.6 Å². The van der Waals surface area contributed by atoms with E-state index < -0.39 is 0 Å². The molecule has 1 amide bonds. The maximum absolute atomic E-state index is 13.4. The van der Waals surface area contributed by atoms with Crippen molar-refractivity contribution in [3.8, 4) is 0 Å². The quantitative estimate of drug-likeness (QED) is 0.529. The molecule has 160 valence electrons. The van der Waals surface area contributed by atoms with Gasteiger partial charge in [0.25, 0.3) is 0 Å². The van der Waals surface area contributed by atoms with Gasteiger partial charge < -0.3 is 14.8 Å². The van der Waals surface area contributed by atoms with Crippen LogP contribution in [0.5, 0.6) is 0 Å². The number of hydrogen-bond acceptors (Lipinski definition) is 4. The Balaban J connectivity index is 1.38. The Morgan fingerprint density at radius 3 is 2.66 bits per heavy atom. The van der Waals surface area contributed by atoms with Crippen molar-refractivity contribution in [2.75, 3.05) is 26.3 Å². The Morgan fingerprint density at radius 2 is 1.90 bits per heavy atom. The molecule has 0 radical (unpaired) electrons. The van der Waals surface area contributed by atoms with E-state index in [0.717, 1.165) is 56.3 Å². The first kappa shape index (κ1) is 19.6. The molecule has 0 aromatic carbocycles. The van der Waals surface area contributed by atoms with Gasteiger partial charge in [-0.15, -0.1) is 0 Å². The van der Waals surface area contributed by atoms with Crippen LogP contribution in [-0.2, 0) is 9.53 Å². The highest BCUT2D eigenvalue weighted by Crippen LogP contribution is 2.66. The smallest absolute Gasteiger partial charge is 0.226 e. The maximum Gasteiger partial charge on any atom is 0.226 e. The zero-order valence-electron chi connectivity index (χ0n) is 18.0. The van der Waals surface area contributed by atoms with Gasteiger partial charge in [-0.1, -0.05) is 24.6 Å². The fourth-order valence-corrected chi connectivity index (χ4v) is 8.06. The van der Waals surface area contributed by atoms with Crippen LogP contribution in [0, 0.1) is 34.5 Å². The predicted molar refractivity (Wildman–Crippen MR) is 112 cm³/mol. The van der Waals surface area contributed by atoms with Crippen molar-refractivity contribution in [3.63, 3.8) is 0 Å². The molecule has 4 fully saturated rings. The molecule has 0 spiro atoms. The van der Waals surface area contributed by atoms with E-state index in [2.05, 4.69) is 30.0 Å². The van der Waals surface area contributed by atoms with E-state index in [1.54, 1.807) is 0 Å². The average molecular weight is 401 g/mol. The molecule has 1 N–H and O–H groups in total. The van der Waals surface area contributed by atoms with E-state index in [0.29, 0.717) is 25.0 Å². The van der Waals surface area contributed by atoms with Crippen LogP contribution < -0.4 is 0 Å². The summed E-state index contributed by atoms with van der Waals surface area (Å²) >= 11 is 0. The summed E-state index contributed by atoms with van der Waals surface area (Å²) in [6.07, 6.45) is 11.3. The number of amides is 1. The molecule has 4 aliphatic carbocycles. The van der Waals surface area contributed by atoms with Crippen LogP contribution >= 0.6 is 0 Å². The van der Waals surface area contributed by atoms with Gasteiger partial charge in [-0.25, -0.2) is 0 Å². The van der Waals surface area contributed by atoms with Gasteiger partial charge in [-0.2, -0.15) is 0 Å². The lowest BCUT2D eigenvalue weighted by molar-refractivity contribution is -0.146. The lowest BCUT2D eigenvalue weighted by Gasteiger charge is -2.58. The van der Waals surface area contributed by atoms with Gasteiger partial charge >= 0.3 is 0 Å². The highest BCUT2D eigenvalue weighted by Gasteiger charge is 2.60. The van der Waals surface area contributed by atoms with Gasteiger partial charge in [0.1, 0.15) is 0 Å². The molecule has 0 aromatic heterocycles. The summed E-state index contributed by atoms with van der Waals surface area (Å²) in [5.41, 5.74) is 2.79. The predicted octanol–water partition coefficient (Wildman–Crippen LogP) is 4.25. The number of hydrogen-bond donors (Lipinski definition) is 1. The number of rotatable bonds is 1. The molecule has 5 nitrogen and oxygen atoms in total. The number of carbonyl (C=O) groups excluding carboxylic acids is 1. The summed E-state index contributed by atoms with van der Waals surface area (Å²) in [6, 6.07) is 0. The number of morpholine rings is 1. The standard InChI is InChI=1S/C24H36N2O3/c1-23-9-7-17(25-28)15-16(23)3-4-18-19-5-6-21(24(19,2)10-8-20(18)23)22(27)26-11-13-29-14-12-26/h15,18-21,28H,3-14H2,1-2H3/t18-,19-,20-,21+,23-,24-/m0/s1. The highest BCUT2D eigenvalue weighted by atomic mass is 16.5. The van der Waals surface area contributed by atoms with Crippen LogP contribution in [0.15, 0.2) is 16.8 Å². The van der Waals surface area contributed by atoms with Crippen molar-refractivity contribution in [1.82, 2.24) is 4.90 Å². The Morgan fingerprint density at radius 1 is 1.10 bits per heavy atom. The molecule has 5 aliphatic rings. The van der Waals surface area contributed by atoms with E-state index in [1.165, 1.54) is 31.3 Å². The Bertz CT molecular complexity index is 740. The second kappa shape index (κ2) is 7.11. The number of fused-ring (bicyclic) bond motifs is 5. The van der Waals surface area contributed by atoms with E-state index in [9.17, 15) is 10.0 Å². The normalized spacial score (nSPS) is 45.9. The lowest BCUT2D eigenvalue weighted by Crippen LogP contribution is -2.53. The zero-order chi connectivity index (χ0) is 20.2. The monoisotopic (exact) mass is 400 g/mol. The topological polar surface area (TPSA) is 62.1 Å². The minimum atomic E-state index is 0.167. The second-order valence-corrected chi connectivity index (χ2v) is 10.7. The Labute approximate surface area is 174 Å². The molecular weight excluding hydrogens is 364 g/mol. The van der Waals surface area contributed by atoms with Crippen molar-refractivity contribution in [2.24, 2.45) is 39.7 Å². The molecule has 0 aromatic rings. The zero-order valence-corrected chi connectivity index (χ0v) is 18.0. The van der Waals surface area contributed by atoms with Crippen LogP contribution in [0.4, 0.5) is 0 Å². The molecule has 6 atom stereocenters. The van der Waals surface area contributed by atoms with E-state index in [1.807, 2.05) is 0 Å². The van der Waals surface area contributed by atoms with E-state index >= 15 is 0 Å². The van der Waals surface area contributed by atoms with Crippen molar-refractivity contribution in [2.45, 2.75) is 65.2 Å². The largest absolute Gasteiger partial charge is 0.411 e. The SMILES string of the molecule is C[C@]12CC[C@H]3[C@@H](CCC4=CC(=NO)CC[C@@]43C)[C@@H]1CC[C@@H]2C(=O)N1CCOCC1. The molecule has 5 rings (SSSR count). The lowest BCUT2D eigenvalue weighted by atomic mass is 9.47. The number of ether oxygens (including phenoxy) is 1. The van der Waals surface area contributed by atoms with Gasteiger partial charge in [0.2, 0.25) is 5.91 Å². The summed E-state index contributed by atoms with van der Waals surface area (Å²) in [6.45, 7) is 7.82. The third kappa shape index (κ3) is 2.90. The summed E-state index contributed by atoms with van der Waals surface area (Å²) in [7, 11) is 0. The van der Waals surface area contributed by atoms with Gasteiger partial charge in [-0.3, -0.25) is 4.79 Å². The third-order valence-corrected chi connectivity index (χ3v) is 9.73. The molecule has 0 unspecified atom stereocenters. The van der Waals surface area contributed by atoms with E-state index in [-0.39, 0.29) is 16.7 Å². The molecule has 5 heteroatoms. The van der Waals surface area contributed by atoms with Gasteiger partial charge in [0, 0.05) is 19.0 Å². The highest BCUT2D eigenvalue weighted by molar-refractivity contribution is 5.96. The second-order valence-electron chi connectivity index (χ2n) is 10.7. The number of carbonyl (C=O) groups is 1. The maximum atomic E-state index is 13.4. The van der Waals surface area contributed by atoms with Crippen molar-refractivity contribution < 1.29 is 14.7 Å². The van der Waals surface area contributed by atoms with Crippen molar-refractivity contribution >= 4 is 11.6 Å². The Hall–Kier alpha value is -1.36. The molecule has 1 heterocycles. The fraction of sp³-hybridized carbons (Fsp3) is 0.833. The van der Waals surface area contributed by atoms with Crippen LogP contribution in [-0.4, -0.2) is 48.0 Å². The Kier molecular flexibility index (Phi) is 4.80. The molecule has 29 heavy (non-hydrogen) atoms. The first-order valence-electron chi connectivity index (χ1n) is 11.8. The van der Waals surface area contributed by atoms with E-state index in [4.69, 9.17) is 4.74 Å². The van der Waals surface area contributed by atoms with Gasteiger partial charge in [0.15, 0.2) is 0 Å². The summed E-state index contributed by atoms with van der Waals surface area (Å²) in [5.74, 6) is 2.75. The molecule has 3 saturated carbocycles. The van der Waals surface area contributed by atoms with Crippen LogP contribution in [0.3, 0.4) is 0 Å². The first-order chi connectivity index (χ1) is 14.0. The number of allylic oxidation sites excluding steroid dienone is 2. The molecular formula is C24H36N2O3. The minimum absolute atomic E-state index is 0.167. The first-order valence-corrected chi connectivity index (χ1v) is 11.8. The summed E-state index contributed by atoms with van der Waals surface area (Å²) in [5, 5.41) is 12.7. The number of oxime groups is 1. The van der Waals surface area contributed by atoms with Gasteiger partial charge in [0.05, 0.1) is 18.9 Å². The van der Waals surface area contributed by atoms with Crippen LogP contribution in [0.2, 0.25) is 0 Å². The summed E-state index contributed by atoms with van der Waals surface area (Å²) < 4.78 is 5.47. The van der Waals surface area contributed by atoms with Crippen molar-refractivity contribution in [1.29, 1.82) is 0 Å². The molecule has 1 aliphatic heterocycles. The minimum Gasteiger partial charge on any atom is -0.411 e. The third-order valence-electron chi connectivity index (χ3n) is 9.73. The van der Waals surface area contributed by atoms with Crippen LogP contribution in [0.25, 0.3) is 0 Å². The van der Waals surface area contributed by atoms with Gasteiger partial charge in [-0.05, 0) is 86.0 Å². The molecule has 0 bridgehead atoms. The number of nitrogens with zero attached hydrogens (tertiary/aromatic N) is 2.